The summed E-state index contributed by atoms with van der Waals surface area (Å²) in [5.74, 6) is 0.364. The van der Waals surface area contributed by atoms with Crippen molar-refractivity contribution in [2.45, 2.75) is 32.3 Å². The monoisotopic (exact) mass is 534 g/mol. The third-order valence-corrected chi connectivity index (χ3v) is 7.69. The summed E-state index contributed by atoms with van der Waals surface area (Å²) in [6.45, 7) is 0.362. The molecule has 5 rings (SSSR count). The van der Waals surface area contributed by atoms with Gasteiger partial charge >= 0.3 is 0 Å². The minimum absolute atomic E-state index is 0.141. The van der Waals surface area contributed by atoms with Crippen molar-refractivity contribution in [3.05, 3.63) is 110 Å². The van der Waals surface area contributed by atoms with Gasteiger partial charge in [0, 0.05) is 27.4 Å². The first-order valence-corrected chi connectivity index (χ1v) is 13.4. The molecule has 0 saturated carbocycles. The van der Waals surface area contributed by atoms with Gasteiger partial charge in [0.15, 0.2) is 0 Å². The lowest BCUT2D eigenvalue weighted by atomic mass is 9.95. The van der Waals surface area contributed by atoms with Crippen LogP contribution in [0.15, 0.2) is 77.8 Å². The van der Waals surface area contributed by atoms with Crippen molar-refractivity contribution in [3.8, 4) is 5.75 Å². The van der Waals surface area contributed by atoms with E-state index in [-0.39, 0.29) is 5.91 Å². The Bertz CT molecular complexity index is 1400. The van der Waals surface area contributed by atoms with Gasteiger partial charge in [0.05, 0.1) is 10.6 Å². The fraction of sp³-hybridized carbons (Fsp3) is 0.172. The van der Waals surface area contributed by atoms with Gasteiger partial charge in [-0.1, -0.05) is 71.7 Å². The number of amides is 1. The third kappa shape index (κ3) is 5.65. The molecule has 1 N–H and O–H groups in total. The summed E-state index contributed by atoms with van der Waals surface area (Å²) >= 11 is 14.4. The average molecular weight is 535 g/mol. The molecule has 3 aromatic carbocycles. The van der Waals surface area contributed by atoms with Crippen LogP contribution in [0.25, 0.3) is 0 Å². The van der Waals surface area contributed by atoms with Crippen LogP contribution in [-0.4, -0.2) is 12.1 Å². The van der Waals surface area contributed by atoms with Gasteiger partial charge in [-0.05, 0) is 61.1 Å². The van der Waals surface area contributed by atoms with Gasteiger partial charge < -0.3 is 10.1 Å². The van der Waals surface area contributed by atoms with Gasteiger partial charge in [0.1, 0.15) is 17.4 Å². The normalized spacial score (nSPS) is 12.9. The molecular weight excluding hydrogens is 511 g/mol. The number of aliphatic imine (C=N–C) groups is 1. The molecule has 7 heteroatoms. The van der Waals surface area contributed by atoms with Crippen LogP contribution >= 0.6 is 34.5 Å². The van der Waals surface area contributed by atoms with Gasteiger partial charge in [0.2, 0.25) is 0 Å². The van der Waals surface area contributed by atoms with Crippen molar-refractivity contribution in [3.63, 3.8) is 0 Å². The summed E-state index contributed by atoms with van der Waals surface area (Å²) in [5.41, 5.74) is 4.19. The molecule has 4 nitrogen and oxygen atoms in total. The Balaban J connectivity index is 1.47. The lowest BCUT2D eigenvalue weighted by molar-refractivity contribution is 0.102. The highest BCUT2D eigenvalue weighted by Crippen LogP contribution is 2.41. The maximum absolute atomic E-state index is 13.4. The van der Waals surface area contributed by atoms with Crippen molar-refractivity contribution < 1.29 is 9.53 Å². The number of rotatable bonds is 7. The van der Waals surface area contributed by atoms with E-state index in [1.165, 1.54) is 4.88 Å². The number of nitrogens with one attached hydrogen (secondary N) is 1. The molecule has 1 aliphatic rings. The van der Waals surface area contributed by atoms with Crippen LogP contribution in [-0.2, 0) is 19.4 Å². The first-order valence-electron chi connectivity index (χ1n) is 11.8. The molecule has 0 saturated heterocycles. The fourth-order valence-corrected chi connectivity index (χ4v) is 6.07. The maximum atomic E-state index is 13.4. The SMILES string of the molecule is O=C(Nc1ccccc1)c1c(N=Cc2cc(Cl)cc(Cl)c2OCc2ccccc2)sc2c1CCCC2. The van der Waals surface area contributed by atoms with E-state index in [0.29, 0.717) is 38.5 Å². The van der Waals surface area contributed by atoms with Crippen LogP contribution in [0.1, 0.15) is 44.8 Å². The molecule has 1 heterocycles. The quantitative estimate of drug-likeness (QED) is 0.241. The minimum Gasteiger partial charge on any atom is -0.487 e. The first kappa shape index (κ1) is 24.6. The van der Waals surface area contributed by atoms with E-state index in [1.807, 2.05) is 60.7 Å². The number of aryl methyl sites for hydroxylation is 1. The Hall–Kier alpha value is -3.12. The number of nitrogens with zero attached hydrogens (tertiary/aromatic N) is 1. The van der Waals surface area contributed by atoms with Crippen LogP contribution < -0.4 is 10.1 Å². The molecule has 0 fully saturated rings. The lowest BCUT2D eigenvalue weighted by Crippen LogP contribution is -2.14. The van der Waals surface area contributed by atoms with E-state index in [9.17, 15) is 4.79 Å². The number of halogens is 2. The molecule has 0 radical (unpaired) electrons. The largest absolute Gasteiger partial charge is 0.487 e. The number of fused-ring (bicyclic) bond motifs is 1. The number of para-hydroxylation sites is 1. The number of benzene rings is 3. The van der Waals surface area contributed by atoms with E-state index < -0.39 is 0 Å². The lowest BCUT2D eigenvalue weighted by Gasteiger charge is -2.13. The van der Waals surface area contributed by atoms with E-state index in [4.69, 9.17) is 32.9 Å². The smallest absolute Gasteiger partial charge is 0.259 e. The molecular formula is C29H24Cl2N2O2S. The Labute approximate surface area is 224 Å². The van der Waals surface area contributed by atoms with E-state index in [0.717, 1.165) is 42.5 Å². The van der Waals surface area contributed by atoms with Crippen molar-refractivity contribution in [2.75, 3.05) is 5.32 Å². The number of anilines is 1. The van der Waals surface area contributed by atoms with Gasteiger partial charge in [-0.25, -0.2) is 4.99 Å². The molecule has 0 bridgehead atoms. The summed E-state index contributed by atoms with van der Waals surface area (Å²) in [6.07, 6.45) is 5.73. The number of hydrogen-bond donors (Lipinski definition) is 1. The fourth-order valence-electron chi connectivity index (χ4n) is 4.28. The van der Waals surface area contributed by atoms with Crippen molar-refractivity contribution in [1.29, 1.82) is 0 Å². The zero-order valence-corrected chi connectivity index (χ0v) is 21.8. The molecule has 4 aromatic rings. The van der Waals surface area contributed by atoms with Crippen molar-refractivity contribution in [1.82, 2.24) is 0 Å². The van der Waals surface area contributed by atoms with E-state index in [2.05, 4.69) is 5.32 Å². The topological polar surface area (TPSA) is 50.7 Å². The van der Waals surface area contributed by atoms with Gasteiger partial charge in [-0.3, -0.25) is 4.79 Å². The highest BCUT2D eigenvalue weighted by molar-refractivity contribution is 7.16. The molecule has 182 valence electrons. The van der Waals surface area contributed by atoms with E-state index in [1.54, 1.807) is 29.7 Å². The Kier molecular flexibility index (Phi) is 7.71. The number of carbonyl (C=O) groups excluding carboxylic acids is 1. The summed E-state index contributed by atoms with van der Waals surface area (Å²) in [4.78, 5) is 19.4. The predicted octanol–water partition coefficient (Wildman–Crippen LogP) is 8.52. The van der Waals surface area contributed by atoms with Crippen LogP contribution in [0.4, 0.5) is 10.7 Å². The molecule has 1 amide bonds. The van der Waals surface area contributed by atoms with Crippen molar-refractivity contribution >= 4 is 57.3 Å². The predicted molar refractivity (Wildman–Crippen MR) is 150 cm³/mol. The second-order valence-corrected chi connectivity index (χ2v) is 10.5. The van der Waals surface area contributed by atoms with Crippen LogP contribution in [0.2, 0.25) is 10.0 Å². The highest BCUT2D eigenvalue weighted by Gasteiger charge is 2.25. The van der Waals surface area contributed by atoms with Crippen LogP contribution in [0, 0.1) is 0 Å². The van der Waals surface area contributed by atoms with Gasteiger partial charge in [0.25, 0.3) is 5.91 Å². The van der Waals surface area contributed by atoms with Crippen LogP contribution in [0.5, 0.6) is 5.75 Å². The van der Waals surface area contributed by atoms with Gasteiger partial charge in [-0.15, -0.1) is 11.3 Å². The molecule has 1 aromatic heterocycles. The zero-order valence-electron chi connectivity index (χ0n) is 19.5. The minimum atomic E-state index is -0.141. The van der Waals surface area contributed by atoms with Crippen molar-refractivity contribution in [2.24, 2.45) is 4.99 Å². The Morgan fingerprint density at radius 1 is 1.00 bits per heavy atom. The van der Waals surface area contributed by atoms with E-state index >= 15 is 0 Å². The highest BCUT2D eigenvalue weighted by atomic mass is 35.5. The molecule has 0 unspecified atom stereocenters. The van der Waals surface area contributed by atoms with Gasteiger partial charge in [-0.2, -0.15) is 0 Å². The second-order valence-electron chi connectivity index (χ2n) is 8.55. The zero-order chi connectivity index (χ0) is 24.9. The number of ether oxygens (including phenoxy) is 1. The number of hydrogen-bond acceptors (Lipinski definition) is 4. The maximum Gasteiger partial charge on any atom is 0.259 e. The average Bonchev–Trinajstić information content (AvgIpc) is 3.26. The number of thiophene rings is 1. The molecule has 0 aliphatic heterocycles. The summed E-state index contributed by atoms with van der Waals surface area (Å²) in [7, 11) is 0. The summed E-state index contributed by atoms with van der Waals surface area (Å²) in [6, 6.07) is 22.8. The van der Waals surface area contributed by atoms with Crippen LogP contribution in [0.3, 0.4) is 0 Å². The Morgan fingerprint density at radius 3 is 2.50 bits per heavy atom. The standard InChI is InChI=1S/C29H24Cl2N2O2S/c30-21-15-20(27(24(31)16-21)35-18-19-9-3-1-4-10-19)17-32-29-26(23-13-7-8-14-25(23)36-29)28(34)33-22-11-5-2-6-12-22/h1-6,9-12,15-17H,7-8,13-14,18H2,(H,33,34). The summed E-state index contributed by atoms with van der Waals surface area (Å²) in [5, 5.41) is 4.61. The third-order valence-electron chi connectivity index (χ3n) is 6.00. The summed E-state index contributed by atoms with van der Waals surface area (Å²) < 4.78 is 6.08. The first-order chi connectivity index (χ1) is 17.6. The Morgan fingerprint density at radius 2 is 1.72 bits per heavy atom. The molecule has 0 atom stereocenters. The molecule has 1 aliphatic carbocycles. The molecule has 36 heavy (non-hydrogen) atoms. The second kappa shape index (κ2) is 11.3. The molecule has 0 spiro atoms. The number of carbonyl (C=O) groups is 1.